The third kappa shape index (κ3) is 7.68. The van der Waals surface area contributed by atoms with Gasteiger partial charge < -0.3 is 20.0 Å². The molecule has 2 heterocycles. The first-order chi connectivity index (χ1) is 11.6. The van der Waals surface area contributed by atoms with Gasteiger partial charge in [0.15, 0.2) is 5.96 Å². The van der Waals surface area contributed by atoms with Gasteiger partial charge in [-0.3, -0.25) is 9.79 Å². The van der Waals surface area contributed by atoms with Crippen LogP contribution in [-0.2, 0) is 4.79 Å². The monoisotopic (exact) mass is 465 g/mol. The van der Waals surface area contributed by atoms with Crippen LogP contribution in [-0.4, -0.2) is 85.5 Å². The minimum absolute atomic E-state index is 0. The van der Waals surface area contributed by atoms with E-state index in [1.54, 1.807) is 6.92 Å². The number of carbonyl (C=O) groups is 1. The number of amides is 1. The van der Waals surface area contributed by atoms with Crippen molar-refractivity contribution in [2.24, 2.45) is 10.9 Å². The van der Waals surface area contributed by atoms with E-state index in [-0.39, 0.29) is 29.9 Å². The highest BCUT2D eigenvalue weighted by Crippen LogP contribution is 2.15. The molecule has 1 unspecified atom stereocenters. The minimum atomic E-state index is 0. The van der Waals surface area contributed by atoms with E-state index in [9.17, 15) is 4.79 Å². The van der Waals surface area contributed by atoms with Crippen molar-refractivity contribution < 1.29 is 4.79 Å². The molecule has 0 saturated carbocycles. The lowest BCUT2D eigenvalue weighted by atomic mass is 10.0. The molecule has 6 nitrogen and oxygen atoms in total. The van der Waals surface area contributed by atoms with Crippen molar-refractivity contribution >= 4 is 35.8 Å². The highest BCUT2D eigenvalue weighted by molar-refractivity contribution is 14.0. The number of piperidine rings is 1. The van der Waals surface area contributed by atoms with Crippen LogP contribution >= 0.6 is 24.0 Å². The summed E-state index contributed by atoms with van der Waals surface area (Å²) in [7, 11) is 0. The van der Waals surface area contributed by atoms with E-state index in [4.69, 9.17) is 4.99 Å². The summed E-state index contributed by atoms with van der Waals surface area (Å²) in [4.78, 5) is 23.0. The highest BCUT2D eigenvalue weighted by atomic mass is 127. The van der Waals surface area contributed by atoms with Gasteiger partial charge in [-0.1, -0.05) is 6.92 Å². The predicted octanol–water partition coefficient (Wildman–Crippen LogP) is 1.86. The third-order valence-corrected chi connectivity index (χ3v) is 4.99. The van der Waals surface area contributed by atoms with Crippen LogP contribution in [0.3, 0.4) is 0 Å². The Labute approximate surface area is 170 Å². The van der Waals surface area contributed by atoms with Crippen molar-refractivity contribution in [3.63, 3.8) is 0 Å². The smallest absolute Gasteiger partial charge is 0.219 e. The molecule has 0 aromatic carbocycles. The van der Waals surface area contributed by atoms with E-state index < -0.39 is 0 Å². The fourth-order valence-electron chi connectivity index (χ4n) is 3.63. The Kier molecular flexibility index (Phi) is 10.7. The SMILES string of the molecule is CCNC(=NCCCN1CCCC(C)C1)N1CCN(C(C)=O)CC1.I. The summed E-state index contributed by atoms with van der Waals surface area (Å²) in [6, 6.07) is 0. The number of carbonyl (C=O) groups excluding carboxylic acids is 1. The lowest BCUT2D eigenvalue weighted by molar-refractivity contribution is -0.130. The quantitative estimate of drug-likeness (QED) is 0.292. The van der Waals surface area contributed by atoms with Crippen LogP contribution in [0.25, 0.3) is 0 Å². The molecular formula is C18H36IN5O. The topological polar surface area (TPSA) is 51.2 Å². The Morgan fingerprint density at radius 2 is 1.84 bits per heavy atom. The summed E-state index contributed by atoms with van der Waals surface area (Å²) in [5, 5.41) is 3.40. The number of likely N-dealkylation sites (tertiary alicyclic amines) is 1. The number of hydrogen-bond acceptors (Lipinski definition) is 3. The molecule has 0 aromatic heterocycles. The molecule has 1 amide bonds. The fourth-order valence-corrected chi connectivity index (χ4v) is 3.63. The molecule has 25 heavy (non-hydrogen) atoms. The lowest BCUT2D eigenvalue weighted by Crippen LogP contribution is -2.53. The van der Waals surface area contributed by atoms with E-state index >= 15 is 0 Å². The zero-order valence-electron chi connectivity index (χ0n) is 16.2. The van der Waals surface area contributed by atoms with E-state index in [0.29, 0.717) is 0 Å². The van der Waals surface area contributed by atoms with E-state index in [1.165, 1.54) is 25.9 Å². The second-order valence-corrected chi connectivity index (χ2v) is 7.13. The molecule has 146 valence electrons. The molecule has 2 rings (SSSR count). The molecule has 2 aliphatic heterocycles. The molecule has 2 fully saturated rings. The van der Waals surface area contributed by atoms with Gasteiger partial charge in [-0.25, -0.2) is 0 Å². The van der Waals surface area contributed by atoms with Crippen LogP contribution in [0.5, 0.6) is 0 Å². The summed E-state index contributed by atoms with van der Waals surface area (Å²) in [5.74, 6) is 2.03. The number of guanidine groups is 1. The Morgan fingerprint density at radius 3 is 2.44 bits per heavy atom. The van der Waals surface area contributed by atoms with Gasteiger partial charge in [0.2, 0.25) is 5.91 Å². The lowest BCUT2D eigenvalue weighted by Gasteiger charge is -2.36. The van der Waals surface area contributed by atoms with Crippen molar-refractivity contribution in [2.75, 3.05) is 58.9 Å². The largest absolute Gasteiger partial charge is 0.357 e. The molecule has 1 N–H and O–H groups in total. The van der Waals surface area contributed by atoms with Gasteiger partial charge in [0.05, 0.1) is 0 Å². The van der Waals surface area contributed by atoms with Gasteiger partial charge in [-0.15, -0.1) is 24.0 Å². The molecule has 0 aliphatic carbocycles. The number of halogens is 1. The summed E-state index contributed by atoms with van der Waals surface area (Å²) >= 11 is 0. The third-order valence-electron chi connectivity index (χ3n) is 4.99. The zero-order valence-corrected chi connectivity index (χ0v) is 18.5. The number of hydrogen-bond donors (Lipinski definition) is 1. The van der Waals surface area contributed by atoms with Crippen molar-refractivity contribution in [3.8, 4) is 0 Å². The average Bonchev–Trinajstić information content (AvgIpc) is 2.58. The molecule has 0 spiro atoms. The molecule has 0 radical (unpaired) electrons. The van der Waals surface area contributed by atoms with E-state index in [0.717, 1.165) is 64.1 Å². The number of rotatable bonds is 5. The molecule has 0 bridgehead atoms. The Morgan fingerprint density at radius 1 is 1.16 bits per heavy atom. The highest BCUT2D eigenvalue weighted by Gasteiger charge is 2.21. The second kappa shape index (κ2) is 11.9. The van der Waals surface area contributed by atoms with Crippen LogP contribution in [0.4, 0.5) is 0 Å². The van der Waals surface area contributed by atoms with Gasteiger partial charge in [-0.05, 0) is 45.2 Å². The van der Waals surface area contributed by atoms with Crippen molar-refractivity contribution in [2.45, 2.75) is 40.0 Å². The van der Waals surface area contributed by atoms with Crippen LogP contribution in [0, 0.1) is 5.92 Å². The average molecular weight is 465 g/mol. The van der Waals surface area contributed by atoms with Crippen molar-refractivity contribution in [1.82, 2.24) is 20.0 Å². The molecule has 2 aliphatic rings. The number of nitrogens with zero attached hydrogens (tertiary/aromatic N) is 4. The maximum atomic E-state index is 11.4. The van der Waals surface area contributed by atoms with E-state index in [1.807, 2.05) is 4.90 Å². The Bertz CT molecular complexity index is 424. The van der Waals surface area contributed by atoms with E-state index in [2.05, 4.69) is 29.0 Å². The maximum absolute atomic E-state index is 11.4. The molecular weight excluding hydrogens is 429 g/mol. The summed E-state index contributed by atoms with van der Waals surface area (Å²) in [5.41, 5.74) is 0. The van der Waals surface area contributed by atoms with Crippen LogP contribution in [0.1, 0.15) is 40.0 Å². The van der Waals surface area contributed by atoms with Crippen LogP contribution < -0.4 is 5.32 Å². The van der Waals surface area contributed by atoms with Crippen LogP contribution in [0.15, 0.2) is 4.99 Å². The number of aliphatic imine (C=N–C) groups is 1. The molecule has 1 atom stereocenters. The van der Waals surface area contributed by atoms with Crippen molar-refractivity contribution in [1.29, 1.82) is 0 Å². The minimum Gasteiger partial charge on any atom is -0.357 e. The number of piperazine rings is 1. The van der Waals surface area contributed by atoms with Gasteiger partial charge in [0.1, 0.15) is 0 Å². The van der Waals surface area contributed by atoms with Gasteiger partial charge in [0.25, 0.3) is 0 Å². The van der Waals surface area contributed by atoms with Gasteiger partial charge >= 0.3 is 0 Å². The number of nitrogens with one attached hydrogen (secondary N) is 1. The molecule has 0 aromatic rings. The zero-order chi connectivity index (χ0) is 17.4. The summed E-state index contributed by atoms with van der Waals surface area (Å²) in [6.45, 7) is 14.9. The first-order valence-corrected chi connectivity index (χ1v) is 9.61. The van der Waals surface area contributed by atoms with Crippen LogP contribution in [0.2, 0.25) is 0 Å². The summed E-state index contributed by atoms with van der Waals surface area (Å²) in [6.07, 6.45) is 3.84. The summed E-state index contributed by atoms with van der Waals surface area (Å²) < 4.78 is 0. The first kappa shape index (κ1) is 22.5. The maximum Gasteiger partial charge on any atom is 0.219 e. The van der Waals surface area contributed by atoms with Gasteiger partial charge in [0, 0.05) is 52.7 Å². The Hall–Kier alpha value is -0.570. The molecule has 2 saturated heterocycles. The van der Waals surface area contributed by atoms with Gasteiger partial charge in [-0.2, -0.15) is 0 Å². The van der Waals surface area contributed by atoms with Crippen molar-refractivity contribution in [3.05, 3.63) is 0 Å². The second-order valence-electron chi connectivity index (χ2n) is 7.13. The predicted molar refractivity (Wildman–Crippen MR) is 115 cm³/mol. The fraction of sp³-hybridized carbons (Fsp3) is 0.889. The Balaban J connectivity index is 0.00000312. The first-order valence-electron chi connectivity index (χ1n) is 9.61. The standard InChI is InChI=1S/C18H35N5O.HI/c1-4-19-18(23-13-11-22(12-14-23)17(3)24)20-8-6-10-21-9-5-7-16(2)15-21;/h16H,4-15H2,1-3H3,(H,19,20);1H. The normalized spacial score (nSPS) is 22.5. The molecule has 7 heteroatoms.